The van der Waals surface area contributed by atoms with E-state index in [1.54, 1.807) is 6.08 Å². The Morgan fingerprint density at radius 1 is 1.78 bits per heavy atom. The van der Waals surface area contributed by atoms with E-state index in [-0.39, 0.29) is 11.8 Å². The third-order valence-corrected chi connectivity index (χ3v) is 1.05. The standard InChI is InChI=1S/C6H9ClNO/c1-3-4-8(2)6(9)5-7/h3H,1-2,4-5H2. The van der Waals surface area contributed by atoms with Crippen LogP contribution in [0.15, 0.2) is 12.7 Å². The Morgan fingerprint density at radius 3 is 2.67 bits per heavy atom. The molecule has 0 fully saturated rings. The highest BCUT2D eigenvalue weighted by Crippen LogP contribution is 1.88. The van der Waals surface area contributed by atoms with Crippen molar-refractivity contribution in [3.63, 3.8) is 0 Å². The van der Waals surface area contributed by atoms with Gasteiger partial charge in [-0.15, -0.1) is 18.2 Å². The van der Waals surface area contributed by atoms with E-state index in [2.05, 4.69) is 13.6 Å². The first-order valence-corrected chi connectivity index (χ1v) is 3.03. The summed E-state index contributed by atoms with van der Waals surface area (Å²) in [6, 6.07) is 0. The molecule has 0 aromatic heterocycles. The molecule has 3 heteroatoms. The Morgan fingerprint density at radius 2 is 2.33 bits per heavy atom. The van der Waals surface area contributed by atoms with Crippen LogP contribution in [0.1, 0.15) is 0 Å². The second kappa shape index (κ2) is 4.39. The van der Waals surface area contributed by atoms with Gasteiger partial charge in [0, 0.05) is 13.6 Å². The number of halogens is 1. The van der Waals surface area contributed by atoms with Crippen molar-refractivity contribution in [3.05, 3.63) is 19.7 Å². The lowest BCUT2D eigenvalue weighted by molar-refractivity contribution is -0.125. The molecular weight excluding hydrogens is 138 g/mol. The van der Waals surface area contributed by atoms with E-state index in [1.807, 2.05) is 0 Å². The number of alkyl halides is 1. The van der Waals surface area contributed by atoms with Gasteiger partial charge in [-0.3, -0.25) is 4.79 Å². The van der Waals surface area contributed by atoms with Crippen LogP contribution in [0.3, 0.4) is 0 Å². The summed E-state index contributed by atoms with van der Waals surface area (Å²) in [6.07, 6.45) is 1.59. The molecule has 0 aromatic carbocycles. The lowest BCUT2D eigenvalue weighted by Crippen LogP contribution is -2.25. The molecule has 0 N–H and O–H groups in total. The second-order valence-corrected chi connectivity index (χ2v) is 1.81. The lowest BCUT2D eigenvalue weighted by atomic mass is 10.5. The molecule has 0 aliphatic rings. The maximum Gasteiger partial charge on any atom is 0.237 e. The Balaban J connectivity index is 3.58. The molecule has 2 nitrogen and oxygen atoms in total. The summed E-state index contributed by atoms with van der Waals surface area (Å²) in [5.74, 6) is -0.200. The van der Waals surface area contributed by atoms with Crippen LogP contribution in [0.5, 0.6) is 0 Å². The molecule has 0 spiro atoms. The number of nitrogens with zero attached hydrogens (tertiary/aromatic N) is 1. The molecule has 0 saturated heterocycles. The van der Waals surface area contributed by atoms with Crippen LogP contribution in [-0.4, -0.2) is 23.2 Å². The number of carbonyl (C=O) groups is 1. The molecule has 51 valence electrons. The highest BCUT2D eigenvalue weighted by Gasteiger charge is 2.02. The Bertz CT molecular complexity index is 114. The molecule has 0 heterocycles. The van der Waals surface area contributed by atoms with Crippen LogP contribution >= 0.6 is 11.6 Å². The third-order valence-electron chi connectivity index (χ3n) is 0.817. The fraction of sp³-hybridized carbons (Fsp3) is 0.333. The van der Waals surface area contributed by atoms with Crippen molar-refractivity contribution in [1.29, 1.82) is 0 Å². The van der Waals surface area contributed by atoms with Gasteiger partial charge in [0.05, 0.1) is 0 Å². The molecule has 0 aliphatic carbocycles. The number of amides is 1. The van der Waals surface area contributed by atoms with Crippen LogP contribution in [0.25, 0.3) is 0 Å². The van der Waals surface area contributed by atoms with Gasteiger partial charge in [0.1, 0.15) is 5.88 Å². The minimum absolute atomic E-state index is 0.0165. The van der Waals surface area contributed by atoms with E-state index >= 15 is 0 Å². The summed E-state index contributed by atoms with van der Waals surface area (Å²) in [6.45, 7) is 3.89. The van der Waals surface area contributed by atoms with Crippen molar-refractivity contribution in [2.75, 3.05) is 12.4 Å². The average Bonchev–Trinajstić information content (AvgIpc) is 1.87. The van der Waals surface area contributed by atoms with Crippen molar-refractivity contribution in [3.8, 4) is 0 Å². The first-order chi connectivity index (χ1) is 4.22. The van der Waals surface area contributed by atoms with Crippen molar-refractivity contribution in [2.24, 2.45) is 0 Å². The Kier molecular flexibility index (Phi) is 4.14. The van der Waals surface area contributed by atoms with Gasteiger partial charge in [-0.2, -0.15) is 0 Å². The Labute approximate surface area is 60.1 Å². The molecule has 0 atom stereocenters. The number of hydrogen-bond donors (Lipinski definition) is 0. The summed E-state index contributed by atoms with van der Waals surface area (Å²) in [4.78, 5) is 11.8. The zero-order valence-electron chi connectivity index (χ0n) is 5.14. The minimum Gasteiger partial charge on any atom is -0.336 e. The van der Waals surface area contributed by atoms with E-state index in [9.17, 15) is 4.79 Å². The van der Waals surface area contributed by atoms with E-state index in [1.165, 1.54) is 4.90 Å². The SMILES string of the molecule is [CH2]N(CC=C)C(=O)CCl. The normalized spacial score (nSPS) is 8.67. The van der Waals surface area contributed by atoms with Crippen molar-refractivity contribution in [1.82, 2.24) is 4.90 Å². The number of hydrogen-bond acceptors (Lipinski definition) is 1. The van der Waals surface area contributed by atoms with Gasteiger partial charge in [0.25, 0.3) is 0 Å². The zero-order chi connectivity index (χ0) is 7.28. The van der Waals surface area contributed by atoms with Crippen molar-refractivity contribution >= 4 is 17.5 Å². The van der Waals surface area contributed by atoms with Gasteiger partial charge in [0.2, 0.25) is 5.91 Å². The minimum atomic E-state index is -0.184. The van der Waals surface area contributed by atoms with Gasteiger partial charge in [-0.1, -0.05) is 6.08 Å². The maximum absolute atomic E-state index is 10.6. The van der Waals surface area contributed by atoms with Crippen LogP contribution in [-0.2, 0) is 4.79 Å². The van der Waals surface area contributed by atoms with Crippen LogP contribution in [0.4, 0.5) is 0 Å². The quantitative estimate of drug-likeness (QED) is 0.430. The highest BCUT2D eigenvalue weighted by atomic mass is 35.5. The van der Waals surface area contributed by atoms with Crippen LogP contribution in [0.2, 0.25) is 0 Å². The molecule has 0 bridgehead atoms. The van der Waals surface area contributed by atoms with Gasteiger partial charge in [0.15, 0.2) is 0 Å². The van der Waals surface area contributed by atoms with Crippen LogP contribution in [0, 0.1) is 7.05 Å². The third kappa shape index (κ3) is 3.14. The summed E-state index contributed by atoms with van der Waals surface area (Å²) in [7, 11) is 3.43. The van der Waals surface area contributed by atoms with E-state index in [0.29, 0.717) is 6.54 Å². The molecule has 0 aliphatic heterocycles. The Hall–Kier alpha value is -0.500. The molecule has 0 saturated carbocycles. The number of carbonyl (C=O) groups excluding carboxylic acids is 1. The summed E-state index contributed by atoms with van der Waals surface area (Å²) in [5.41, 5.74) is 0. The van der Waals surface area contributed by atoms with Crippen molar-refractivity contribution < 1.29 is 4.79 Å². The van der Waals surface area contributed by atoms with Gasteiger partial charge in [-0.05, 0) is 0 Å². The largest absolute Gasteiger partial charge is 0.336 e. The molecule has 1 radical (unpaired) electrons. The average molecular weight is 147 g/mol. The molecule has 9 heavy (non-hydrogen) atoms. The molecule has 0 unspecified atom stereocenters. The highest BCUT2D eigenvalue weighted by molar-refractivity contribution is 6.27. The fourth-order valence-corrected chi connectivity index (χ4v) is 0.511. The van der Waals surface area contributed by atoms with Crippen molar-refractivity contribution in [2.45, 2.75) is 0 Å². The monoisotopic (exact) mass is 146 g/mol. The molecule has 1 amide bonds. The second-order valence-electron chi connectivity index (χ2n) is 1.54. The van der Waals surface area contributed by atoms with E-state index < -0.39 is 0 Å². The first-order valence-electron chi connectivity index (χ1n) is 2.50. The predicted molar refractivity (Wildman–Crippen MR) is 38.0 cm³/mol. The molecular formula is C6H9ClNO. The van der Waals surface area contributed by atoms with E-state index in [4.69, 9.17) is 11.6 Å². The number of rotatable bonds is 3. The molecule has 0 aromatic rings. The van der Waals surface area contributed by atoms with Crippen LogP contribution < -0.4 is 0 Å². The summed E-state index contributed by atoms with van der Waals surface area (Å²) >= 11 is 5.22. The van der Waals surface area contributed by atoms with E-state index in [0.717, 1.165) is 0 Å². The fourth-order valence-electron chi connectivity index (χ4n) is 0.342. The maximum atomic E-state index is 10.6. The smallest absolute Gasteiger partial charge is 0.237 e. The summed E-state index contributed by atoms with van der Waals surface area (Å²) < 4.78 is 0. The topological polar surface area (TPSA) is 20.3 Å². The zero-order valence-corrected chi connectivity index (χ0v) is 5.90. The summed E-state index contributed by atoms with van der Waals surface area (Å²) in [5, 5.41) is 0. The van der Waals surface area contributed by atoms with Gasteiger partial charge < -0.3 is 4.90 Å². The van der Waals surface area contributed by atoms with Gasteiger partial charge >= 0.3 is 0 Å². The predicted octanol–water partition coefficient (Wildman–Crippen LogP) is 1.03. The molecule has 0 rings (SSSR count). The first kappa shape index (κ1) is 8.50. The lowest BCUT2D eigenvalue weighted by Gasteiger charge is -2.11. The van der Waals surface area contributed by atoms with Gasteiger partial charge in [-0.25, -0.2) is 0 Å².